The van der Waals surface area contributed by atoms with Gasteiger partial charge >= 0.3 is 7.60 Å². The summed E-state index contributed by atoms with van der Waals surface area (Å²) < 4.78 is 10.5. The third kappa shape index (κ3) is 1.29. The van der Waals surface area contributed by atoms with Crippen LogP contribution >= 0.6 is 7.60 Å². The number of aromatic amines is 1. The lowest BCUT2D eigenvalue weighted by atomic mass is 10.5. The maximum Gasteiger partial charge on any atom is 0.358 e. The minimum atomic E-state index is -4.10. The quantitative estimate of drug-likeness (QED) is 0.506. The van der Waals surface area contributed by atoms with Crippen LogP contribution in [0.15, 0.2) is 12.3 Å². The Morgan fingerprint density at radius 1 is 1.60 bits per heavy atom. The highest BCUT2D eigenvalue weighted by Gasteiger charge is 2.19. The van der Waals surface area contributed by atoms with E-state index in [4.69, 9.17) is 9.79 Å². The smallest absolute Gasteiger partial charge is 0.358 e. The van der Waals surface area contributed by atoms with E-state index in [9.17, 15) is 4.57 Å². The molecule has 4 nitrogen and oxygen atoms in total. The molecule has 0 saturated heterocycles. The van der Waals surface area contributed by atoms with Crippen molar-refractivity contribution in [2.24, 2.45) is 0 Å². The number of hydrogen-bond donors (Lipinski definition) is 3. The van der Waals surface area contributed by atoms with Crippen LogP contribution in [0.1, 0.15) is 5.69 Å². The average Bonchev–Trinajstić information content (AvgIpc) is 2.11. The number of H-pyrrole nitrogens is 1. The van der Waals surface area contributed by atoms with Crippen molar-refractivity contribution in [1.29, 1.82) is 0 Å². The summed E-state index contributed by atoms with van der Waals surface area (Å²) in [6.45, 7) is 3.40. The standard InChI is InChI=1S/C5H7NO3P/c1-4-5(2-3-6-4)10(7,8)9/h2-3,6H,1H2,(H2,7,8,9). The van der Waals surface area contributed by atoms with Crippen molar-refractivity contribution >= 4 is 12.9 Å². The molecule has 0 aliphatic heterocycles. The molecule has 1 heterocycles. The van der Waals surface area contributed by atoms with E-state index in [0.717, 1.165) is 0 Å². The van der Waals surface area contributed by atoms with Crippen LogP contribution in [0.2, 0.25) is 0 Å². The monoisotopic (exact) mass is 160 g/mol. The van der Waals surface area contributed by atoms with E-state index >= 15 is 0 Å². The third-order valence-electron chi connectivity index (χ3n) is 1.12. The first-order valence-corrected chi connectivity index (χ1v) is 4.18. The molecule has 1 aromatic heterocycles. The molecule has 10 heavy (non-hydrogen) atoms. The summed E-state index contributed by atoms with van der Waals surface area (Å²) in [5, 5.41) is -0.0347. The van der Waals surface area contributed by atoms with Gasteiger partial charge in [-0.25, -0.2) is 0 Å². The Hall–Kier alpha value is -0.570. The van der Waals surface area contributed by atoms with Gasteiger partial charge in [-0.1, -0.05) is 0 Å². The zero-order valence-corrected chi connectivity index (χ0v) is 6.01. The van der Waals surface area contributed by atoms with Gasteiger partial charge in [-0.05, 0) is 13.0 Å². The van der Waals surface area contributed by atoms with Crippen LogP contribution in [0.5, 0.6) is 0 Å². The van der Waals surface area contributed by atoms with Gasteiger partial charge < -0.3 is 14.8 Å². The van der Waals surface area contributed by atoms with Crippen molar-refractivity contribution in [2.75, 3.05) is 0 Å². The summed E-state index contributed by atoms with van der Waals surface area (Å²) in [7, 11) is -4.10. The van der Waals surface area contributed by atoms with Crippen molar-refractivity contribution in [3.05, 3.63) is 24.9 Å². The molecule has 0 unspecified atom stereocenters. The maximum absolute atomic E-state index is 10.5. The molecule has 0 aliphatic rings. The van der Waals surface area contributed by atoms with E-state index in [2.05, 4.69) is 11.9 Å². The second kappa shape index (κ2) is 2.23. The minimum Gasteiger partial charge on any atom is -0.364 e. The second-order valence-corrected chi connectivity index (χ2v) is 3.46. The van der Waals surface area contributed by atoms with Crippen LogP contribution in [0, 0.1) is 6.92 Å². The zero-order chi connectivity index (χ0) is 7.78. The lowest BCUT2D eigenvalue weighted by Gasteiger charge is -2.00. The van der Waals surface area contributed by atoms with Gasteiger partial charge in [0, 0.05) is 11.9 Å². The van der Waals surface area contributed by atoms with Crippen LogP contribution in [0.3, 0.4) is 0 Å². The first-order chi connectivity index (χ1) is 4.52. The second-order valence-electron chi connectivity index (χ2n) is 1.89. The topological polar surface area (TPSA) is 73.3 Å². The van der Waals surface area contributed by atoms with Crippen LogP contribution in [-0.4, -0.2) is 14.8 Å². The lowest BCUT2D eigenvalue weighted by molar-refractivity contribution is 0.387. The van der Waals surface area contributed by atoms with E-state index in [1.54, 1.807) is 0 Å². The van der Waals surface area contributed by atoms with Gasteiger partial charge in [0.15, 0.2) is 0 Å². The van der Waals surface area contributed by atoms with Gasteiger partial charge in [0.2, 0.25) is 0 Å². The molecule has 0 bridgehead atoms. The van der Waals surface area contributed by atoms with Crippen molar-refractivity contribution in [3.63, 3.8) is 0 Å². The molecule has 3 N–H and O–H groups in total. The van der Waals surface area contributed by atoms with Gasteiger partial charge in [-0.15, -0.1) is 0 Å². The molecule has 5 heteroatoms. The highest BCUT2D eigenvalue weighted by molar-refractivity contribution is 7.60. The van der Waals surface area contributed by atoms with E-state index in [0.29, 0.717) is 0 Å². The van der Waals surface area contributed by atoms with Gasteiger partial charge in [-0.2, -0.15) is 0 Å². The van der Waals surface area contributed by atoms with Crippen molar-refractivity contribution in [1.82, 2.24) is 4.98 Å². The molecular weight excluding hydrogens is 153 g/mol. The van der Waals surface area contributed by atoms with Gasteiger partial charge in [0.05, 0.1) is 5.30 Å². The molecular formula is C5H7NO3P. The fraction of sp³-hybridized carbons (Fsp3) is 0. The van der Waals surface area contributed by atoms with E-state index in [-0.39, 0.29) is 11.0 Å². The van der Waals surface area contributed by atoms with Crippen molar-refractivity contribution in [3.8, 4) is 0 Å². The number of aromatic nitrogens is 1. The maximum atomic E-state index is 10.5. The lowest BCUT2D eigenvalue weighted by Crippen LogP contribution is -2.03. The predicted molar refractivity (Wildman–Crippen MR) is 36.9 cm³/mol. The van der Waals surface area contributed by atoms with Crippen LogP contribution in [-0.2, 0) is 4.57 Å². The van der Waals surface area contributed by atoms with E-state index in [1.165, 1.54) is 12.3 Å². The highest BCUT2D eigenvalue weighted by Crippen LogP contribution is 2.33. The first kappa shape index (κ1) is 7.54. The Labute approximate surface area is 58.1 Å². The van der Waals surface area contributed by atoms with Crippen molar-refractivity contribution in [2.45, 2.75) is 0 Å². The first-order valence-electron chi connectivity index (χ1n) is 2.57. The molecule has 0 aromatic carbocycles. The number of hydrogen-bond acceptors (Lipinski definition) is 1. The van der Waals surface area contributed by atoms with Gasteiger partial charge in [-0.3, -0.25) is 4.57 Å². The fourth-order valence-corrected chi connectivity index (χ4v) is 1.35. The molecule has 1 radical (unpaired) electrons. The number of rotatable bonds is 1. The minimum absolute atomic E-state index is 0.0347. The normalized spacial score (nSPS) is 11.9. The van der Waals surface area contributed by atoms with Gasteiger partial charge in [0.1, 0.15) is 0 Å². The summed E-state index contributed by atoms with van der Waals surface area (Å²) in [5.41, 5.74) is 0.272. The van der Waals surface area contributed by atoms with E-state index < -0.39 is 7.60 Å². The van der Waals surface area contributed by atoms with Crippen LogP contribution in [0.25, 0.3) is 0 Å². The molecule has 55 valence electrons. The fourth-order valence-electron chi connectivity index (χ4n) is 0.669. The molecule has 0 amide bonds. The largest absolute Gasteiger partial charge is 0.364 e. The Kier molecular flexibility index (Phi) is 1.68. The Bertz CT molecular complexity index is 274. The van der Waals surface area contributed by atoms with E-state index in [1.807, 2.05) is 0 Å². The Morgan fingerprint density at radius 3 is 2.40 bits per heavy atom. The molecule has 0 saturated carbocycles. The highest BCUT2D eigenvalue weighted by atomic mass is 31.2. The Balaban J connectivity index is 3.18. The predicted octanol–water partition coefficient (Wildman–Crippen LogP) is -0.000110. The molecule has 0 atom stereocenters. The van der Waals surface area contributed by atoms with Crippen LogP contribution in [0.4, 0.5) is 0 Å². The van der Waals surface area contributed by atoms with Crippen molar-refractivity contribution < 1.29 is 14.4 Å². The summed E-state index contributed by atoms with van der Waals surface area (Å²) in [5.74, 6) is 0. The molecule has 0 aliphatic carbocycles. The molecule has 1 rings (SSSR count). The summed E-state index contributed by atoms with van der Waals surface area (Å²) in [6.07, 6.45) is 1.44. The molecule has 0 spiro atoms. The van der Waals surface area contributed by atoms with Crippen LogP contribution < -0.4 is 5.30 Å². The molecule has 1 aromatic rings. The zero-order valence-electron chi connectivity index (χ0n) is 5.11. The number of nitrogens with one attached hydrogen (secondary N) is 1. The summed E-state index contributed by atoms with van der Waals surface area (Å²) in [6, 6.07) is 1.32. The third-order valence-corrected chi connectivity index (χ3v) is 2.17. The summed E-state index contributed by atoms with van der Waals surface area (Å²) in [4.78, 5) is 19.8. The van der Waals surface area contributed by atoms with Gasteiger partial charge in [0.25, 0.3) is 0 Å². The SMILES string of the molecule is [CH2]c1[nH]ccc1P(=O)(O)O. The molecule has 0 fully saturated rings. The average molecular weight is 160 g/mol. The summed E-state index contributed by atoms with van der Waals surface area (Å²) >= 11 is 0. The Morgan fingerprint density at radius 2 is 2.20 bits per heavy atom.